The molecule has 84 valence electrons. The zero-order valence-corrected chi connectivity index (χ0v) is 10.2. The summed E-state index contributed by atoms with van der Waals surface area (Å²) in [5.74, 6) is 0. The van der Waals surface area contributed by atoms with Crippen molar-refractivity contribution >= 4 is 15.9 Å². The number of nitrogens with zero attached hydrogens (tertiary/aromatic N) is 1. The van der Waals surface area contributed by atoms with Gasteiger partial charge in [0.15, 0.2) is 0 Å². The molecule has 0 amide bonds. The predicted molar refractivity (Wildman–Crippen MR) is 63.6 cm³/mol. The highest BCUT2D eigenvalue weighted by molar-refractivity contribution is 9.10. The van der Waals surface area contributed by atoms with Crippen LogP contribution in [-0.2, 0) is 6.54 Å². The summed E-state index contributed by atoms with van der Waals surface area (Å²) in [7, 11) is 0. The van der Waals surface area contributed by atoms with Gasteiger partial charge in [-0.2, -0.15) is 0 Å². The minimum Gasteiger partial charge on any atom is -0.395 e. The molecule has 1 rings (SSSR count). The summed E-state index contributed by atoms with van der Waals surface area (Å²) in [5.41, 5.74) is 1.18. The summed E-state index contributed by atoms with van der Waals surface area (Å²) in [6, 6.07) is 8.05. The van der Waals surface area contributed by atoms with E-state index in [4.69, 9.17) is 10.2 Å². The van der Waals surface area contributed by atoms with Crippen molar-refractivity contribution in [3.8, 4) is 0 Å². The fourth-order valence-corrected chi connectivity index (χ4v) is 1.67. The standard InChI is InChI=1S/C11H16BrNO2/c12-11-3-1-10(2-4-11)9-13(5-7-14)6-8-15/h1-4,14-15H,5-9H2. The van der Waals surface area contributed by atoms with Crippen LogP contribution in [0.5, 0.6) is 0 Å². The number of rotatable bonds is 6. The molecule has 0 aliphatic carbocycles. The summed E-state index contributed by atoms with van der Waals surface area (Å²) in [6.07, 6.45) is 0. The van der Waals surface area contributed by atoms with Crippen molar-refractivity contribution in [2.45, 2.75) is 6.54 Å². The topological polar surface area (TPSA) is 43.7 Å². The Morgan fingerprint density at radius 2 is 1.53 bits per heavy atom. The van der Waals surface area contributed by atoms with E-state index in [-0.39, 0.29) is 13.2 Å². The first kappa shape index (κ1) is 12.6. The van der Waals surface area contributed by atoms with Crippen LogP contribution in [0, 0.1) is 0 Å². The monoisotopic (exact) mass is 273 g/mol. The van der Waals surface area contributed by atoms with Crippen molar-refractivity contribution in [3.05, 3.63) is 34.3 Å². The number of hydrogen-bond acceptors (Lipinski definition) is 3. The van der Waals surface area contributed by atoms with Crippen LogP contribution in [0.3, 0.4) is 0 Å². The Morgan fingerprint density at radius 3 is 2.00 bits per heavy atom. The molecule has 0 aliphatic heterocycles. The fourth-order valence-electron chi connectivity index (χ4n) is 1.40. The van der Waals surface area contributed by atoms with Crippen LogP contribution in [0.4, 0.5) is 0 Å². The summed E-state index contributed by atoms with van der Waals surface area (Å²) < 4.78 is 1.06. The van der Waals surface area contributed by atoms with E-state index in [1.54, 1.807) is 0 Å². The number of hydrogen-bond donors (Lipinski definition) is 2. The van der Waals surface area contributed by atoms with Crippen molar-refractivity contribution in [3.63, 3.8) is 0 Å². The molecular weight excluding hydrogens is 258 g/mol. The van der Waals surface area contributed by atoms with Gasteiger partial charge in [0.05, 0.1) is 13.2 Å². The lowest BCUT2D eigenvalue weighted by Gasteiger charge is -2.20. The summed E-state index contributed by atoms with van der Waals surface area (Å²) in [6.45, 7) is 2.19. The van der Waals surface area contributed by atoms with E-state index in [0.29, 0.717) is 13.1 Å². The van der Waals surface area contributed by atoms with Gasteiger partial charge in [0, 0.05) is 24.1 Å². The molecule has 0 unspecified atom stereocenters. The van der Waals surface area contributed by atoms with Crippen molar-refractivity contribution in [2.75, 3.05) is 26.3 Å². The van der Waals surface area contributed by atoms with Crippen LogP contribution in [-0.4, -0.2) is 41.4 Å². The number of benzene rings is 1. The molecule has 15 heavy (non-hydrogen) atoms. The first-order chi connectivity index (χ1) is 7.26. The Kier molecular flexibility index (Phi) is 5.86. The molecule has 1 aromatic carbocycles. The molecule has 0 fully saturated rings. The van der Waals surface area contributed by atoms with Gasteiger partial charge in [-0.25, -0.2) is 0 Å². The maximum atomic E-state index is 8.85. The Bertz CT molecular complexity index is 270. The third kappa shape index (κ3) is 4.75. The van der Waals surface area contributed by atoms with Crippen LogP contribution in [0.1, 0.15) is 5.56 Å². The largest absolute Gasteiger partial charge is 0.395 e. The molecule has 2 N–H and O–H groups in total. The highest BCUT2D eigenvalue weighted by Gasteiger charge is 2.04. The molecule has 0 atom stereocenters. The van der Waals surface area contributed by atoms with Crippen LogP contribution in [0.15, 0.2) is 28.7 Å². The highest BCUT2D eigenvalue weighted by atomic mass is 79.9. The minimum atomic E-state index is 0.122. The molecule has 0 saturated carbocycles. The molecule has 0 aliphatic rings. The molecule has 1 aromatic rings. The average molecular weight is 274 g/mol. The van der Waals surface area contributed by atoms with Gasteiger partial charge in [-0.15, -0.1) is 0 Å². The van der Waals surface area contributed by atoms with E-state index >= 15 is 0 Å². The summed E-state index contributed by atoms with van der Waals surface area (Å²) >= 11 is 3.38. The molecular formula is C11H16BrNO2. The van der Waals surface area contributed by atoms with Crippen LogP contribution >= 0.6 is 15.9 Å². The van der Waals surface area contributed by atoms with E-state index in [9.17, 15) is 0 Å². The van der Waals surface area contributed by atoms with E-state index in [1.807, 2.05) is 29.2 Å². The normalized spacial score (nSPS) is 10.9. The van der Waals surface area contributed by atoms with Crippen molar-refractivity contribution in [1.29, 1.82) is 0 Å². The van der Waals surface area contributed by atoms with Crippen LogP contribution < -0.4 is 0 Å². The second-order valence-corrected chi connectivity index (χ2v) is 4.27. The van der Waals surface area contributed by atoms with Gasteiger partial charge in [-0.05, 0) is 17.7 Å². The molecule has 4 heteroatoms. The summed E-state index contributed by atoms with van der Waals surface area (Å²) in [5, 5.41) is 17.7. The van der Waals surface area contributed by atoms with Gasteiger partial charge in [0.25, 0.3) is 0 Å². The lowest BCUT2D eigenvalue weighted by atomic mass is 10.2. The third-order valence-corrected chi connectivity index (χ3v) is 2.68. The second-order valence-electron chi connectivity index (χ2n) is 3.35. The zero-order chi connectivity index (χ0) is 11.1. The smallest absolute Gasteiger partial charge is 0.0558 e. The average Bonchev–Trinajstić information content (AvgIpc) is 2.22. The van der Waals surface area contributed by atoms with Crippen molar-refractivity contribution in [1.82, 2.24) is 4.90 Å². The van der Waals surface area contributed by atoms with E-state index < -0.39 is 0 Å². The molecule has 0 aromatic heterocycles. The van der Waals surface area contributed by atoms with Gasteiger partial charge >= 0.3 is 0 Å². The molecule has 0 saturated heterocycles. The van der Waals surface area contributed by atoms with Gasteiger partial charge < -0.3 is 10.2 Å². The SMILES string of the molecule is OCCN(CCO)Cc1ccc(Br)cc1. The number of aliphatic hydroxyl groups excluding tert-OH is 2. The van der Waals surface area contributed by atoms with E-state index in [0.717, 1.165) is 11.0 Å². The quantitative estimate of drug-likeness (QED) is 0.820. The highest BCUT2D eigenvalue weighted by Crippen LogP contribution is 2.11. The van der Waals surface area contributed by atoms with Gasteiger partial charge in [-0.1, -0.05) is 28.1 Å². The Balaban J connectivity index is 2.53. The predicted octanol–water partition coefficient (Wildman–Crippen LogP) is 1.24. The molecule has 3 nitrogen and oxygen atoms in total. The molecule has 0 radical (unpaired) electrons. The Hall–Kier alpha value is -0.420. The zero-order valence-electron chi connectivity index (χ0n) is 8.56. The van der Waals surface area contributed by atoms with Crippen LogP contribution in [0.25, 0.3) is 0 Å². The molecule has 0 heterocycles. The summed E-state index contributed by atoms with van der Waals surface area (Å²) in [4.78, 5) is 2.02. The van der Waals surface area contributed by atoms with Crippen LogP contribution in [0.2, 0.25) is 0 Å². The van der Waals surface area contributed by atoms with Gasteiger partial charge in [-0.3, -0.25) is 4.90 Å². The van der Waals surface area contributed by atoms with E-state index in [2.05, 4.69) is 15.9 Å². The molecule has 0 spiro atoms. The number of aliphatic hydroxyl groups is 2. The van der Waals surface area contributed by atoms with Gasteiger partial charge in [0.1, 0.15) is 0 Å². The fraction of sp³-hybridized carbons (Fsp3) is 0.455. The third-order valence-electron chi connectivity index (χ3n) is 2.15. The van der Waals surface area contributed by atoms with E-state index in [1.165, 1.54) is 5.56 Å². The van der Waals surface area contributed by atoms with Crippen molar-refractivity contribution in [2.24, 2.45) is 0 Å². The van der Waals surface area contributed by atoms with Crippen molar-refractivity contribution < 1.29 is 10.2 Å². The minimum absolute atomic E-state index is 0.122. The first-order valence-electron chi connectivity index (χ1n) is 4.95. The second kappa shape index (κ2) is 6.95. The lowest BCUT2D eigenvalue weighted by Crippen LogP contribution is -2.29. The van der Waals surface area contributed by atoms with Gasteiger partial charge in [0.2, 0.25) is 0 Å². The Labute approximate surface area is 98.5 Å². The number of halogens is 1. The first-order valence-corrected chi connectivity index (χ1v) is 5.74. The molecule has 0 bridgehead atoms. The maximum absolute atomic E-state index is 8.85. The Morgan fingerprint density at radius 1 is 1.00 bits per heavy atom. The lowest BCUT2D eigenvalue weighted by molar-refractivity contribution is 0.156. The maximum Gasteiger partial charge on any atom is 0.0558 e.